The number of nitrogens with zero attached hydrogens (tertiary/aromatic N) is 3. The Balaban J connectivity index is 1.59. The van der Waals surface area contributed by atoms with E-state index in [1.54, 1.807) is 30.5 Å². The lowest BCUT2D eigenvalue weighted by atomic mass is 10.1. The van der Waals surface area contributed by atoms with Gasteiger partial charge in [0.2, 0.25) is 0 Å². The molecule has 4 aromatic rings. The van der Waals surface area contributed by atoms with Gasteiger partial charge in [-0.25, -0.2) is 13.8 Å². The van der Waals surface area contributed by atoms with Gasteiger partial charge in [0, 0.05) is 28.7 Å². The molecule has 42 heavy (non-hydrogen) atoms. The number of carbonyl (C=O) groups excluding carboxylic acids is 1. The summed E-state index contributed by atoms with van der Waals surface area (Å²) < 4.78 is 41.3. The van der Waals surface area contributed by atoms with Crippen molar-refractivity contribution < 1.29 is 22.7 Å². The summed E-state index contributed by atoms with van der Waals surface area (Å²) >= 11 is 0. The average molecular weight is 589 g/mol. The summed E-state index contributed by atoms with van der Waals surface area (Å²) in [6.07, 6.45) is 1.57. The van der Waals surface area contributed by atoms with Crippen LogP contribution in [0.4, 0.5) is 5.69 Å². The first-order valence-corrected chi connectivity index (χ1v) is 14.8. The fraction of sp³-hybridized carbons (Fsp3) is 0.250. The molecule has 3 aromatic carbocycles. The van der Waals surface area contributed by atoms with E-state index in [0.29, 0.717) is 11.4 Å². The predicted molar refractivity (Wildman–Crippen MR) is 166 cm³/mol. The molecule has 0 bridgehead atoms. The zero-order chi connectivity index (χ0) is 30.6. The molecule has 220 valence electrons. The Morgan fingerprint density at radius 1 is 0.857 bits per heavy atom. The van der Waals surface area contributed by atoms with E-state index in [2.05, 4.69) is 47.1 Å². The first-order valence-electron chi connectivity index (χ1n) is 13.4. The number of amides is 1. The number of anilines is 1. The predicted octanol–water partition coefficient (Wildman–Crippen LogP) is 5.38. The molecule has 0 aliphatic rings. The highest BCUT2D eigenvalue weighted by atomic mass is 32.2. The topological polar surface area (TPSA) is 102 Å². The van der Waals surface area contributed by atoms with Crippen molar-refractivity contribution in [1.82, 2.24) is 9.99 Å². The minimum atomic E-state index is -4.16. The lowest BCUT2D eigenvalue weighted by Gasteiger charge is -2.24. The summed E-state index contributed by atoms with van der Waals surface area (Å²) in [5, 5.41) is 4.16. The third-order valence-electron chi connectivity index (χ3n) is 6.88. The third kappa shape index (κ3) is 6.49. The summed E-state index contributed by atoms with van der Waals surface area (Å²) in [5.74, 6) is 0.0520. The highest BCUT2D eigenvalue weighted by Crippen LogP contribution is 2.32. The smallest absolute Gasteiger partial charge is 0.264 e. The maximum absolute atomic E-state index is 13.8. The minimum absolute atomic E-state index is 0.0455. The molecule has 0 radical (unpaired) electrons. The Bertz CT molecular complexity index is 1720. The number of benzene rings is 3. The number of rotatable bonds is 10. The van der Waals surface area contributed by atoms with Gasteiger partial charge in [0.15, 0.2) is 11.5 Å². The molecule has 1 amide bonds. The van der Waals surface area contributed by atoms with Crippen LogP contribution in [0.15, 0.2) is 76.7 Å². The number of carbonyl (C=O) groups is 1. The quantitative estimate of drug-likeness (QED) is 0.198. The molecule has 0 spiro atoms. The second-order valence-electron chi connectivity index (χ2n) is 10.2. The highest BCUT2D eigenvalue weighted by molar-refractivity contribution is 7.92. The van der Waals surface area contributed by atoms with Gasteiger partial charge in [-0.05, 0) is 88.2 Å². The molecule has 10 heteroatoms. The fourth-order valence-corrected chi connectivity index (χ4v) is 6.30. The molecule has 0 saturated heterocycles. The largest absolute Gasteiger partial charge is 0.493 e. The van der Waals surface area contributed by atoms with Crippen LogP contribution in [0.1, 0.15) is 33.6 Å². The zero-order valence-electron chi connectivity index (χ0n) is 24.9. The maximum Gasteiger partial charge on any atom is 0.264 e. The number of hydrogen-bond acceptors (Lipinski definition) is 6. The monoisotopic (exact) mass is 588 g/mol. The average Bonchev–Trinajstić information content (AvgIpc) is 3.23. The number of methoxy groups -OCH3 is 2. The van der Waals surface area contributed by atoms with E-state index in [1.807, 2.05) is 26.8 Å². The molecule has 0 fully saturated rings. The fourth-order valence-electron chi connectivity index (χ4n) is 4.87. The van der Waals surface area contributed by atoms with Gasteiger partial charge in [-0.2, -0.15) is 5.10 Å². The molecule has 0 aliphatic carbocycles. The molecule has 1 heterocycles. The van der Waals surface area contributed by atoms with Gasteiger partial charge < -0.3 is 14.0 Å². The molecule has 0 atom stereocenters. The molecular formula is C32H36N4O5S. The van der Waals surface area contributed by atoms with Crippen LogP contribution in [0.2, 0.25) is 0 Å². The van der Waals surface area contributed by atoms with Crippen LogP contribution in [-0.2, 0) is 14.8 Å². The Kier molecular flexibility index (Phi) is 9.06. The summed E-state index contributed by atoms with van der Waals surface area (Å²) in [7, 11) is -1.27. The molecular weight excluding hydrogens is 552 g/mol. The van der Waals surface area contributed by atoms with Gasteiger partial charge in [0.1, 0.15) is 6.54 Å². The standard InChI is InChI=1S/C32H36N4O5S/c1-21-8-10-27(11-9-21)35(42(38,39)29-12-13-30(40-6)31(18-29)41-7)20-32(37)34-33-19-26-17-24(4)36(25(26)5)28-15-22(2)14-23(3)16-28/h8-19H,20H2,1-7H3,(H,34,37)/b33-19-. The Labute approximate surface area is 247 Å². The van der Waals surface area contributed by atoms with E-state index in [9.17, 15) is 13.2 Å². The molecule has 4 rings (SSSR count). The van der Waals surface area contributed by atoms with Crippen LogP contribution in [0, 0.1) is 34.6 Å². The van der Waals surface area contributed by atoms with Crippen LogP contribution in [0.5, 0.6) is 11.5 Å². The van der Waals surface area contributed by atoms with Gasteiger partial charge in [-0.15, -0.1) is 0 Å². The summed E-state index contributed by atoms with van der Waals surface area (Å²) in [5.41, 5.74) is 10.00. The van der Waals surface area contributed by atoms with Crippen molar-refractivity contribution in [1.29, 1.82) is 0 Å². The van der Waals surface area contributed by atoms with Crippen LogP contribution >= 0.6 is 0 Å². The SMILES string of the molecule is COc1ccc(S(=O)(=O)N(CC(=O)N/N=C\c2cc(C)n(-c3cc(C)cc(C)c3)c2C)c2ccc(C)cc2)cc1OC. The Morgan fingerprint density at radius 2 is 1.50 bits per heavy atom. The molecule has 1 aromatic heterocycles. The number of aryl methyl sites for hydroxylation is 4. The van der Waals surface area contributed by atoms with Gasteiger partial charge in [0.05, 0.1) is 31.0 Å². The maximum atomic E-state index is 13.8. The van der Waals surface area contributed by atoms with Crippen molar-refractivity contribution in [3.05, 3.63) is 100 Å². The molecule has 0 aliphatic heterocycles. The van der Waals surface area contributed by atoms with Crippen LogP contribution in [0.3, 0.4) is 0 Å². The van der Waals surface area contributed by atoms with Gasteiger partial charge in [-0.3, -0.25) is 9.10 Å². The lowest BCUT2D eigenvalue weighted by Crippen LogP contribution is -2.39. The first kappa shape index (κ1) is 30.4. The van der Waals surface area contributed by atoms with Crippen molar-refractivity contribution in [2.75, 3.05) is 25.1 Å². The summed E-state index contributed by atoms with van der Waals surface area (Å²) in [6, 6.07) is 19.5. The van der Waals surface area contributed by atoms with Crippen molar-refractivity contribution in [2.45, 2.75) is 39.5 Å². The minimum Gasteiger partial charge on any atom is -0.493 e. The van der Waals surface area contributed by atoms with Gasteiger partial charge in [-0.1, -0.05) is 23.8 Å². The number of aromatic nitrogens is 1. The number of hydrazone groups is 1. The summed E-state index contributed by atoms with van der Waals surface area (Å²) in [6.45, 7) is 9.54. The normalized spacial score (nSPS) is 11.5. The molecule has 1 N–H and O–H groups in total. The molecule has 0 unspecified atom stereocenters. The van der Waals surface area contributed by atoms with E-state index in [4.69, 9.17) is 9.47 Å². The molecule has 0 saturated carbocycles. The molecule has 9 nitrogen and oxygen atoms in total. The Morgan fingerprint density at radius 3 is 2.12 bits per heavy atom. The second-order valence-corrected chi connectivity index (χ2v) is 12.0. The number of sulfonamides is 1. The van der Waals surface area contributed by atoms with Crippen molar-refractivity contribution >= 4 is 27.8 Å². The summed E-state index contributed by atoms with van der Waals surface area (Å²) in [4.78, 5) is 13.0. The van der Waals surface area contributed by atoms with Crippen LogP contribution < -0.4 is 19.2 Å². The van der Waals surface area contributed by atoms with E-state index in [0.717, 1.165) is 32.5 Å². The highest BCUT2D eigenvalue weighted by Gasteiger charge is 2.28. The second kappa shape index (κ2) is 12.5. The lowest BCUT2D eigenvalue weighted by molar-refractivity contribution is -0.119. The Hall–Kier alpha value is -4.57. The van der Waals surface area contributed by atoms with Gasteiger partial charge >= 0.3 is 0 Å². The van der Waals surface area contributed by atoms with E-state index in [-0.39, 0.29) is 10.6 Å². The van der Waals surface area contributed by atoms with Crippen molar-refractivity contribution in [3.8, 4) is 17.2 Å². The zero-order valence-corrected chi connectivity index (χ0v) is 25.7. The van der Waals surface area contributed by atoms with Crippen molar-refractivity contribution in [3.63, 3.8) is 0 Å². The third-order valence-corrected chi connectivity index (χ3v) is 8.65. The van der Waals surface area contributed by atoms with Crippen molar-refractivity contribution in [2.24, 2.45) is 5.10 Å². The van der Waals surface area contributed by atoms with Crippen LogP contribution in [-0.4, -0.2) is 45.9 Å². The van der Waals surface area contributed by atoms with E-state index < -0.39 is 22.5 Å². The first-order chi connectivity index (χ1) is 19.9. The van der Waals surface area contributed by atoms with E-state index in [1.165, 1.54) is 43.5 Å². The number of nitrogens with one attached hydrogen (secondary N) is 1. The van der Waals surface area contributed by atoms with E-state index >= 15 is 0 Å². The van der Waals surface area contributed by atoms with Crippen LogP contribution in [0.25, 0.3) is 5.69 Å². The number of hydrogen-bond donors (Lipinski definition) is 1. The number of ether oxygens (including phenoxy) is 2. The van der Waals surface area contributed by atoms with Gasteiger partial charge in [0.25, 0.3) is 15.9 Å².